The van der Waals surface area contributed by atoms with Gasteiger partial charge >= 0.3 is 5.97 Å². The van der Waals surface area contributed by atoms with E-state index in [1.54, 1.807) is 0 Å². The van der Waals surface area contributed by atoms with Gasteiger partial charge in [0.1, 0.15) is 0 Å². The van der Waals surface area contributed by atoms with Gasteiger partial charge < -0.3 is 15.4 Å². The predicted octanol–water partition coefficient (Wildman–Crippen LogP) is 1.17. The molecule has 92 valence electrons. The topological polar surface area (TPSA) is 95.1 Å². The van der Waals surface area contributed by atoms with Crippen LogP contribution < -0.4 is 5.32 Å². The smallest absolute Gasteiger partial charge is 0.354 e. The van der Waals surface area contributed by atoms with Crippen LogP contribution in [0.15, 0.2) is 6.33 Å². The van der Waals surface area contributed by atoms with Crippen LogP contribution in [0.4, 0.5) is 0 Å². The molecular weight excluding hydrogens is 222 g/mol. The van der Waals surface area contributed by atoms with E-state index >= 15 is 0 Å². The lowest BCUT2D eigenvalue weighted by Gasteiger charge is -2.24. The van der Waals surface area contributed by atoms with Gasteiger partial charge in [0.2, 0.25) is 0 Å². The third-order valence-corrected chi connectivity index (χ3v) is 3.19. The van der Waals surface area contributed by atoms with Gasteiger partial charge in [-0.3, -0.25) is 4.79 Å². The monoisotopic (exact) mass is 237 g/mol. The van der Waals surface area contributed by atoms with E-state index in [9.17, 15) is 9.59 Å². The van der Waals surface area contributed by atoms with Crippen LogP contribution in [0, 0.1) is 0 Å². The number of hydrogen-bond acceptors (Lipinski definition) is 3. The van der Waals surface area contributed by atoms with E-state index in [2.05, 4.69) is 15.3 Å². The van der Waals surface area contributed by atoms with Crippen LogP contribution in [0.25, 0.3) is 0 Å². The van der Waals surface area contributed by atoms with E-state index in [1.165, 1.54) is 6.33 Å². The Morgan fingerprint density at radius 1 is 1.47 bits per heavy atom. The Kier molecular flexibility index (Phi) is 2.87. The van der Waals surface area contributed by atoms with Crippen LogP contribution in [0.5, 0.6) is 0 Å². The minimum Gasteiger partial charge on any atom is -0.477 e. The van der Waals surface area contributed by atoms with Crippen molar-refractivity contribution in [1.82, 2.24) is 15.3 Å². The van der Waals surface area contributed by atoms with Crippen molar-refractivity contribution >= 4 is 11.9 Å². The van der Waals surface area contributed by atoms with Crippen molar-refractivity contribution in [3.8, 4) is 0 Å². The molecule has 0 atom stereocenters. The molecule has 1 aliphatic rings. The molecule has 0 radical (unpaired) electrons. The van der Waals surface area contributed by atoms with Gasteiger partial charge in [-0.15, -0.1) is 0 Å². The van der Waals surface area contributed by atoms with Gasteiger partial charge in [0.05, 0.1) is 6.33 Å². The molecular formula is C11H15N3O3. The van der Waals surface area contributed by atoms with E-state index in [0.717, 1.165) is 25.7 Å². The van der Waals surface area contributed by atoms with Gasteiger partial charge in [0.15, 0.2) is 11.4 Å². The van der Waals surface area contributed by atoms with Gasteiger partial charge in [-0.1, -0.05) is 12.8 Å². The highest BCUT2D eigenvalue weighted by Crippen LogP contribution is 2.29. The molecule has 0 saturated heterocycles. The zero-order chi connectivity index (χ0) is 12.5. The highest BCUT2D eigenvalue weighted by molar-refractivity contribution is 6.02. The maximum Gasteiger partial charge on any atom is 0.354 e. The minimum atomic E-state index is -1.18. The molecule has 1 heterocycles. The lowest BCUT2D eigenvalue weighted by Crippen LogP contribution is -2.44. The summed E-state index contributed by atoms with van der Waals surface area (Å²) >= 11 is 0. The lowest BCUT2D eigenvalue weighted by molar-refractivity contribution is 0.0683. The van der Waals surface area contributed by atoms with E-state index in [4.69, 9.17) is 5.11 Å². The summed E-state index contributed by atoms with van der Waals surface area (Å²) in [5.41, 5.74) is -0.444. The molecule has 1 fully saturated rings. The molecule has 0 bridgehead atoms. The number of aromatic nitrogens is 2. The Morgan fingerprint density at radius 2 is 2.12 bits per heavy atom. The second-order valence-electron chi connectivity index (χ2n) is 4.65. The van der Waals surface area contributed by atoms with E-state index in [-0.39, 0.29) is 16.9 Å². The fourth-order valence-corrected chi connectivity index (χ4v) is 2.24. The van der Waals surface area contributed by atoms with Crippen LogP contribution in [-0.4, -0.2) is 32.5 Å². The standard InChI is InChI=1S/C11H15N3O3/c1-11(4-2-3-5-11)14-9(15)7-8(10(16)17)13-6-12-7/h6H,2-5H2,1H3,(H,12,13)(H,14,15)(H,16,17). The van der Waals surface area contributed by atoms with Crippen LogP contribution in [0.1, 0.15) is 53.6 Å². The second-order valence-corrected chi connectivity index (χ2v) is 4.65. The Hall–Kier alpha value is -1.85. The van der Waals surface area contributed by atoms with Gasteiger partial charge in [-0.25, -0.2) is 9.78 Å². The van der Waals surface area contributed by atoms with Gasteiger partial charge in [-0.2, -0.15) is 0 Å². The van der Waals surface area contributed by atoms with Gasteiger partial charge in [0, 0.05) is 5.54 Å². The summed E-state index contributed by atoms with van der Waals surface area (Å²) in [5, 5.41) is 11.7. The maximum atomic E-state index is 11.9. The highest BCUT2D eigenvalue weighted by Gasteiger charge is 2.32. The fourth-order valence-electron chi connectivity index (χ4n) is 2.24. The Labute approximate surface area is 98.4 Å². The number of carbonyl (C=O) groups is 2. The number of nitrogens with one attached hydrogen (secondary N) is 2. The van der Waals surface area contributed by atoms with Crippen molar-refractivity contribution in [2.24, 2.45) is 0 Å². The molecule has 0 unspecified atom stereocenters. The third kappa shape index (κ3) is 2.30. The summed E-state index contributed by atoms with van der Waals surface area (Å²) in [6, 6.07) is 0. The molecule has 0 aromatic carbocycles. The molecule has 1 aromatic rings. The van der Waals surface area contributed by atoms with Crippen molar-refractivity contribution in [3.63, 3.8) is 0 Å². The predicted molar refractivity (Wildman–Crippen MR) is 59.9 cm³/mol. The van der Waals surface area contributed by atoms with E-state index in [1.807, 2.05) is 6.92 Å². The van der Waals surface area contributed by atoms with Crippen molar-refractivity contribution in [3.05, 3.63) is 17.7 Å². The average molecular weight is 237 g/mol. The zero-order valence-electron chi connectivity index (χ0n) is 9.62. The number of nitrogens with zero attached hydrogens (tertiary/aromatic N) is 1. The molecule has 6 nitrogen and oxygen atoms in total. The number of amides is 1. The molecule has 0 aliphatic heterocycles. The Balaban J connectivity index is 2.14. The third-order valence-electron chi connectivity index (χ3n) is 3.19. The highest BCUT2D eigenvalue weighted by atomic mass is 16.4. The number of aromatic amines is 1. The first-order valence-electron chi connectivity index (χ1n) is 5.61. The molecule has 17 heavy (non-hydrogen) atoms. The van der Waals surface area contributed by atoms with Crippen LogP contribution in [0.3, 0.4) is 0 Å². The van der Waals surface area contributed by atoms with Crippen molar-refractivity contribution in [2.75, 3.05) is 0 Å². The zero-order valence-corrected chi connectivity index (χ0v) is 9.62. The second kappa shape index (κ2) is 4.20. The summed E-state index contributed by atoms with van der Waals surface area (Å²) in [4.78, 5) is 29.0. The fraction of sp³-hybridized carbons (Fsp3) is 0.545. The molecule has 1 aliphatic carbocycles. The van der Waals surface area contributed by atoms with Crippen molar-refractivity contribution in [1.29, 1.82) is 0 Å². The van der Waals surface area contributed by atoms with Crippen LogP contribution in [0.2, 0.25) is 0 Å². The summed E-state index contributed by atoms with van der Waals surface area (Å²) in [6.45, 7) is 1.98. The minimum absolute atomic E-state index is 0.0503. The SMILES string of the molecule is CC1(NC(=O)c2nc[nH]c2C(=O)O)CCCC1. The summed E-state index contributed by atoms with van der Waals surface area (Å²) in [5.74, 6) is -1.60. The maximum absolute atomic E-state index is 11.9. The first-order chi connectivity index (χ1) is 8.02. The number of carboxylic acid groups (broad SMARTS) is 1. The molecule has 1 aromatic heterocycles. The molecule has 2 rings (SSSR count). The van der Waals surface area contributed by atoms with Crippen LogP contribution >= 0.6 is 0 Å². The Bertz CT molecular complexity index is 447. The number of rotatable bonds is 3. The quantitative estimate of drug-likeness (QED) is 0.735. The average Bonchev–Trinajstić information content (AvgIpc) is 2.85. The molecule has 0 spiro atoms. The summed E-state index contributed by atoms with van der Waals surface area (Å²) < 4.78 is 0. The first kappa shape index (κ1) is 11.6. The Morgan fingerprint density at radius 3 is 2.71 bits per heavy atom. The van der Waals surface area contributed by atoms with Gasteiger partial charge in [-0.05, 0) is 19.8 Å². The molecule has 1 saturated carbocycles. The largest absolute Gasteiger partial charge is 0.477 e. The normalized spacial score (nSPS) is 17.9. The number of H-pyrrole nitrogens is 1. The van der Waals surface area contributed by atoms with Gasteiger partial charge in [0.25, 0.3) is 5.91 Å². The number of carbonyl (C=O) groups excluding carboxylic acids is 1. The lowest BCUT2D eigenvalue weighted by atomic mass is 10.0. The molecule has 1 amide bonds. The van der Waals surface area contributed by atoms with Crippen molar-refractivity contribution in [2.45, 2.75) is 38.1 Å². The van der Waals surface area contributed by atoms with Crippen LogP contribution in [-0.2, 0) is 0 Å². The summed E-state index contributed by atoms with van der Waals surface area (Å²) in [6.07, 6.45) is 5.23. The molecule has 3 N–H and O–H groups in total. The molecule has 6 heteroatoms. The summed E-state index contributed by atoms with van der Waals surface area (Å²) in [7, 11) is 0. The number of carboxylic acids is 1. The first-order valence-corrected chi connectivity index (χ1v) is 5.61. The number of hydrogen-bond donors (Lipinski definition) is 3. The van der Waals surface area contributed by atoms with Crippen molar-refractivity contribution < 1.29 is 14.7 Å². The van der Waals surface area contributed by atoms with E-state index in [0.29, 0.717) is 0 Å². The number of imidazole rings is 1. The number of aromatic carboxylic acids is 1. The van der Waals surface area contributed by atoms with E-state index < -0.39 is 11.9 Å².